The molecule has 0 radical (unpaired) electrons. The largest absolute Gasteiger partial charge is 0.483 e. The number of halogens is 1. The number of Topliss-reactive ketones (excluding diaryl/α,β-unsaturated/α-hetero) is 1. The highest BCUT2D eigenvalue weighted by molar-refractivity contribution is 9.10. The van der Waals surface area contributed by atoms with Crippen molar-refractivity contribution in [3.63, 3.8) is 0 Å². The lowest BCUT2D eigenvalue weighted by molar-refractivity contribution is -0.124. The summed E-state index contributed by atoms with van der Waals surface area (Å²) in [6.07, 6.45) is 0.390. The molecule has 0 aliphatic rings. The van der Waals surface area contributed by atoms with E-state index in [0.29, 0.717) is 17.7 Å². The second-order valence-electron chi connectivity index (χ2n) is 5.50. The minimum absolute atomic E-state index is 0.0162. The van der Waals surface area contributed by atoms with Gasteiger partial charge in [-0.05, 0) is 39.0 Å². The first-order chi connectivity index (χ1) is 9.23. The first-order valence-electron chi connectivity index (χ1n) is 6.49. The number of carbonyl (C=O) groups is 2. The molecule has 20 heavy (non-hydrogen) atoms. The van der Waals surface area contributed by atoms with Crippen LogP contribution in [0.4, 0.5) is 0 Å². The van der Waals surface area contributed by atoms with Crippen molar-refractivity contribution in [1.82, 2.24) is 5.32 Å². The summed E-state index contributed by atoms with van der Waals surface area (Å²) in [5.74, 6) is 0.206. The topological polar surface area (TPSA) is 55.4 Å². The van der Waals surface area contributed by atoms with Crippen molar-refractivity contribution < 1.29 is 14.3 Å². The van der Waals surface area contributed by atoms with Crippen molar-refractivity contribution in [2.24, 2.45) is 0 Å². The van der Waals surface area contributed by atoms with Gasteiger partial charge in [0.1, 0.15) is 5.75 Å². The monoisotopic (exact) mass is 341 g/mol. The van der Waals surface area contributed by atoms with Crippen molar-refractivity contribution in [1.29, 1.82) is 0 Å². The molecule has 0 spiro atoms. The smallest absolute Gasteiger partial charge is 0.258 e. The summed E-state index contributed by atoms with van der Waals surface area (Å²) in [6.45, 7) is 7.38. The van der Waals surface area contributed by atoms with E-state index < -0.39 is 0 Å². The Kier molecular flexibility index (Phi) is 5.74. The Morgan fingerprint density at radius 2 is 1.95 bits per heavy atom. The normalized spacial score (nSPS) is 11.1. The average Bonchev–Trinajstić information content (AvgIpc) is 2.34. The molecule has 1 rings (SSSR count). The van der Waals surface area contributed by atoms with Gasteiger partial charge >= 0.3 is 0 Å². The Morgan fingerprint density at radius 1 is 1.30 bits per heavy atom. The van der Waals surface area contributed by atoms with Crippen LogP contribution in [-0.4, -0.2) is 23.8 Å². The highest BCUT2D eigenvalue weighted by Crippen LogP contribution is 2.24. The molecule has 1 aromatic carbocycles. The van der Waals surface area contributed by atoms with Crippen LogP contribution in [0.3, 0.4) is 0 Å². The number of ketones is 1. The summed E-state index contributed by atoms with van der Waals surface area (Å²) < 4.78 is 6.28. The quantitative estimate of drug-likeness (QED) is 0.835. The van der Waals surface area contributed by atoms with Gasteiger partial charge in [0, 0.05) is 16.4 Å². The third-order valence-corrected chi connectivity index (χ3v) is 2.93. The van der Waals surface area contributed by atoms with Crippen LogP contribution < -0.4 is 10.1 Å². The minimum atomic E-state index is -0.303. The zero-order valence-corrected chi connectivity index (χ0v) is 13.8. The zero-order valence-electron chi connectivity index (χ0n) is 12.2. The predicted octanol–water partition coefficient (Wildman–Crippen LogP) is 3.34. The number of nitrogens with one attached hydrogen (secondary N) is 1. The van der Waals surface area contributed by atoms with Crippen LogP contribution in [0, 0.1) is 0 Å². The molecule has 5 heteroatoms. The van der Waals surface area contributed by atoms with Gasteiger partial charge in [0.2, 0.25) is 0 Å². The van der Waals surface area contributed by atoms with Crippen LogP contribution in [-0.2, 0) is 4.79 Å². The molecule has 0 aromatic heterocycles. The molecule has 0 aliphatic heterocycles. The first-order valence-corrected chi connectivity index (χ1v) is 7.29. The van der Waals surface area contributed by atoms with Gasteiger partial charge in [-0.3, -0.25) is 9.59 Å². The van der Waals surface area contributed by atoms with E-state index in [1.165, 1.54) is 0 Å². The fourth-order valence-corrected chi connectivity index (χ4v) is 2.00. The Labute approximate surface area is 128 Å². The molecule has 0 aliphatic carbocycles. The fourth-order valence-electron chi connectivity index (χ4n) is 1.63. The van der Waals surface area contributed by atoms with E-state index in [9.17, 15) is 9.59 Å². The number of carbonyl (C=O) groups excluding carboxylic acids is 2. The third kappa shape index (κ3) is 5.33. The lowest BCUT2D eigenvalue weighted by Gasteiger charge is -2.20. The summed E-state index contributed by atoms with van der Waals surface area (Å²) in [5, 5.41) is 2.81. The Hall–Kier alpha value is -1.36. The summed E-state index contributed by atoms with van der Waals surface area (Å²) >= 11 is 3.33. The van der Waals surface area contributed by atoms with Crippen molar-refractivity contribution in [3.8, 4) is 5.75 Å². The second-order valence-corrected chi connectivity index (χ2v) is 6.42. The van der Waals surface area contributed by atoms with Crippen LogP contribution in [0.15, 0.2) is 22.7 Å². The number of amides is 1. The maximum absolute atomic E-state index is 11.9. The highest BCUT2D eigenvalue weighted by Gasteiger charge is 2.16. The molecule has 0 unspecified atom stereocenters. The van der Waals surface area contributed by atoms with Gasteiger partial charge in [-0.25, -0.2) is 0 Å². The number of ether oxygens (including phenoxy) is 1. The number of hydrogen-bond acceptors (Lipinski definition) is 3. The van der Waals surface area contributed by atoms with Crippen LogP contribution in [0.25, 0.3) is 0 Å². The van der Waals surface area contributed by atoms with Crippen LogP contribution in [0.2, 0.25) is 0 Å². The molecule has 0 bridgehead atoms. The lowest BCUT2D eigenvalue weighted by Crippen LogP contribution is -2.43. The van der Waals surface area contributed by atoms with E-state index in [0.717, 1.165) is 4.47 Å². The molecule has 110 valence electrons. The molecule has 4 nitrogen and oxygen atoms in total. The fraction of sp³-hybridized carbons (Fsp3) is 0.467. The van der Waals surface area contributed by atoms with Crippen molar-refractivity contribution in [3.05, 3.63) is 28.2 Å². The van der Waals surface area contributed by atoms with Gasteiger partial charge in [0.15, 0.2) is 12.4 Å². The molecule has 0 atom stereocenters. The maximum Gasteiger partial charge on any atom is 0.258 e. The number of benzene rings is 1. The molecule has 1 amide bonds. The van der Waals surface area contributed by atoms with E-state index in [2.05, 4.69) is 21.2 Å². The zero-order chi connectivity index (χ0) is 15.3. The average molecular weight is 342 g/mol. The van der Waals surface area contributed by atoms with Crippen molar-refractivity contribution >= 4 is 27.6 Å². The van der Waals surface area contributed by atoms with E-state index in [-0.39, 0.29) is 23.8 Å². The van der Waals surface area contributed by atoms with Gasteiger partial charge in [0.05, 0.1) is 5.56 Å². The van der Waals surface area contributed by atoms with Gasteiger partial charge in [-0.15, -0.1) is 0 Å². The molecule has 1 aromatic rings. The minimum Gasteiger partial charge on any atom is -0.483 e. The standard InChI is InChI=1S/C15H20BrNO3/c1-5-12(18)11-8-10(16)6-7-13(11)20-9-14(19)17-15(2,3)4/h6-8H,5,9H2,1-4H3,(H,17,19). The van der Waals surface area contributed by atoms with Crippen LogP contribution in [0.1, 0.15) is 44.5 Å². The van der Waals surface area contributed by atoms with Crippen molar-refractivity contribution in [2.45, 2.75) is 39.7 Å². The summed E-state index contributed by atoms with van der Waals surface area (Å²) in [6, 6.07) is 5.18. The lowest BCUT2D eigenvalue weighted by atomic mass is 10.1. The van der Waals surface area contributed by atoms with E-state index in [1.54, 1.807) is 25.1 Å². The van der Waals surface area contributed by atoms with Gasteiger partial charge in [0.25, 0.3) is 5.91 Å². The number of rotatable bonds is 5. The first kappa shape index (κ1) is 16.7. The molecular formula is C15H20BrNO3. The molecule has 0 saturated heterocycles. The maximum atomic E-state index is 11.9. The Morgan fingerprint density at radius 3 is 2.50 bits per heavy atom. The Bertz CT molecular complexity index is 506. The highest BCUT2D eigenvalue weighted by atomic mass is 79.9. The van der Waals surface area contributed by atoms with Gasteiger partial charge < -0.3 is 10.1 Å². The Balaban J connectivity index is 2.78. The van der Waals surface area contributed by atoms with E-state index in [4.69, 9.17) is 4.74 Å². The summed E-state index contributed by atoms with van der Waals surface area (Å²) in [7, 11) is 0. The predicted molar refractivity (Wildman–Crippen MR) is 82.2 cm³/mol. The van der Waals surface area contributed by atoms with E-state index >= 15 is 0 Å². The molecule has 0 fully saturated rings. The van der Waals surface area contributed by atoms with Crippen LogP contribution in [0.5, 0.6) is 5.75 Å². The van der Waals surface area contributed by atoms with E-state index in [1.807, 2.05) is 20.8 Å². The summed E-state index contributed by atoms with van der Waals surface area (Å²) in [4.78, 5) is 23.6. The molecule has 1 N–H and O–H groups in total. The molecular weight excluding hydrogens is 322 g/mol. The van der Waals surface area contributed by atoms with Gasteiger partial charge in [-0.1, -0.05) is 22.9 Å². The van der Waals surface area contributed by atoms with Gasteiger partial charge in [-0.2, -0.15) is 0 Å². The molecule has 0 heterocycles. The SMILES string of the molecule is CCC(=O)c1cc(Br)ccc1OCC(=O)NC(C)(C)C. The van der Waals surface area contributed by atoms with Crippen LogP contribution >= 0.6 is 15.9 Å². The number of hydrogen-bond donors (Lipinski definition) is 1. The summed E-state index contributed by atoms with van der Waals surface area (Å²) in [5.41, 5.74) is 0.188. The van der Waals surface area contributed by atoms with Crippen molar-refractivity contribution in [2.75, 3.05) is 6.61 Å². The molecule has 0 saturated carbocycles. The second kappa shape index (κ2) is 6.88. The third-order valence-electron chi connectivity index (χ3n) is 2.44.